The second kappa shape index (κ2) is 12.8. The summed E-state index contributed by atoms with van der Waals surface area (Å²) in [5.41, 5.74) is 2.52. The number of hydrogen-bond donors (Lipinski definition) is 1. The summed E-state index contributed by atoms with van der Waals surface area (Å²) in [6, 6.07) is 13.0. The number of carbonyl (C=O) groups excluding carboxylic acids is 3. The zero-order valence-electron chi connectivity index (χ0n) is 23.3. The molecule has 2 aromatic heterocycles. The van der Waals surface area contributed by atoms with Crippen LogP contribution in [-0.4, -0.2) is 43.7 Å². The summed E-state index contributed by atoms with van der Waals surface area (Å²) in [5.74, 6) is -0.581. The van der Waals surface area contributed by atoms with Crippen LogP contribution < -0.4 is 20.3 Å². The van der Waals surface area contributed by atoms with E-state index in [1.165, 1.54) is 27.2 Å². The average Bonchev–Trinajstić information content (AvgIpc) is 2.97. The summed E-state index contributed by atoms with van der Waals surface area (Å²) in [4.78, 5) is 46.4. The lowest BCUT2D eigenvalue weighted by Crippen LogP contribution is -2.22. The molecule has 0 saturated carbocycles. The fourth-order valence-electron chi connectivity index (χ4n) is 3.95. The monoisotopic (exact) mass is 559 g/mol. The van der Waals surface area contributed by atoms with Gasteiger partial charge in [-0.05, 0) is 50.2 Å². The first-order chi connectivity index (χ1) is 19.7. The van der Waals surface area contributed by atoms with Crippen molar-refractivity contribution >= 4 is 40.2 Å². The minimum Gasteiger partial charge on any atom is -0.497 e. The number of rotatable bonds is 9. The van der Waals surface area contributed by atoms with Gasteiger partial charge in [-0.1, -0.05) is 6.07 Å². The number of aryl methyl sites for hydroxylation is 1. The fourth-order valence-corrected chi connectivity index (χ4v) is 3.95. The highest BCUT2D eigenvalue weighted by atomic mass is 16.5. The Kier molecular flexibility index (Phi) is 8.98. The van der Waals surface area contributed by atoms with Crippen LogP contribution in [-0.2, 0) is 20.9 Å². The number of benzene rings is 2. The lowest BCUT2D eigenvalue weighted by Gasteiger charge is -2.13. The molecule has 0 fully saturated rings. The van der Waals surface area contributed by atoms with Crippen molar-refractivity contribution in [3.8, 4) is 11.5 Å². The van der Waals surface area contributed by atoms with Crippen molar-refractivity contribution in [1.29, 1.82) is 0 Å². The number of pyridine rings is 1. The molecule has 0 bridgehead atoms. The fraction of sp³-hybridized carbons (Fsp3) is 0.233. The molecule has 41 heavy (non-hydrogen) atoms. The molecule has 2 heterocycles. The topological polar surface area (TPSA) is 139 Å². The standard InChI is InChI=1S/C30H29N3O8/c1-6-39-30(36)19-8-7-9-21(12-19)32-29-24(28(35)33-25-11-10-22(37-4)13-26(25)38-5)14-23-20(16-40-18(3)34)15-31-17(2)27(23)41-29/h7-15H,6,16H2,1-5H3,(H,33,35). The van der Waals surface area contributed by atoms with Crippen molar-refractivity contribution in [2.75, 3.05) is 26.1 Å². The molecule has 4 rings (SSSR count). The van der Waals surface area contributed by atoms with Gasteiger partial charge in [0.05, 0.1) is 43.5 Å². The summed E-state index contributed by atoms with van der Waals surface area (Å²) < 4.78 is 27.1. The lowest BCUT2D eigenvalue weighted by atomic mass is 10.1. The van der Waals surface area contributed by atoms with Gasteiger partial charge >= 0.3 is 11.9 Å². The number of aromatic nitrogens is 1. The number of anilines is 1. The van der Waals surface area contributed by atoms with Crippen LogP contribution in [0.25, 0.3) is 11.0 Å². The highest BCUT2D eigenvalue weighted by molar-refractivity contribution is 6.06. The number of esters is 2. The number of hydrogen-bond acceptors (Lipinski definition) is 10. The van der Waals surface area contributed by atoms with Crippen LogP contribution >= 0.6 is 0 Å². The molecular formula is C30H29N3O8. The van der Waals surface area contributed by atoms with Crippen molar-refractivity contribution in [2.45, 2.75) is 27.4 Å². The summed E-state index contributed by atoms with van der Waals surface area (Å²) >= 11 is 0. The summed E-state index contributed by atoms with van der Waals surface area (Å²) in [5, 5.41) is 3.35. The predicted molar refractivity (Wildman–Crippen MR) is 149 cm³/mol. The Hall–Kier alpha value is -5.19. The van der Waals surface area contributed by atoms with Gasteiger partial charge in [0.15, 0.2) is 5.58 Å². The largest absolute Gasteiger partial charge is 0.497 e. The predicted octanol–water partition coefficient (Wildman–Crippen LogP) is 4.88. The van der Waals surface area contributed by atoms with Gasteiger partial charge in [-0.15, -0.1) is 0 Å². The molecule has 2 aromatic carbocycles. The zero-order chi connectivity index (χ0) is 29.5. The van der Waals surface area contributed by atoms with Gasteiger partial charge in [0, 0.05) is 30.1 Å². The van der Waals surface area contributed by atoms with Crippen molar-refractivity contribution < 1.29 is 37.7 Å². The van der Waals surface area contributed by atoms with Gasteiger partial charge in [0.1, 0.15) is 23.7 Å². The molecule has 0 radical (unpaired) electrons. The van der Waals surface area contributed by atoms with Crippen molar-refractivity contribution in [3.05, 3.63) is 82.7 Å². The van der Waals surface area contributed by atoms with Crippen LogP contribution in [0.2, 0.25) is 0 Å². The van der Waals surface area contributed by atoms with E-state index in [-0.39, 0.29) is 24.3 Å². The van der Waals surface area contributed by atoms with Gasteiger partial charge in [-0.2, -0.15) is 0 Å². The molecule has 11 nitrogen and oxygen atoms in total. The second-order valence-corrected chi connectivity index (χ2v) is 8.76. The normalized spacial score (nSPS) is 11.2. The van der Waals surface area contributed by atoms with Crippen LogP contribution in [0.15, 0.2) is 64.1 Å². The van der Waals surface area contributed by atoms with Crippen LogP contribution in [0.1, 0.15) is 45.8 Å². The highest BCUT2D eigenvalue weighted by Gasteiger charge is 2.19. The minimum absolute atomic E-state index is 0.0296. The number of fused-ring (bicyclic) bond motifs is 1. The Labute approximate surface area is 235 Å². The smallest absolute Gasteiger partial charge is 0.338 e. The number of carbonyl (C=O) groups is 3. The van der Waals surface area contributed by atoms with Crippen LogP contribution in [0.4, 0.5) is 11.4 Å². The summed E-state index contributed by atoms with van der Waals surface area (Å²) in [6.45, 7) is 4.92. The van der Waals surface area contributed by atoms with Gasteiger partial charge in [-0.3, -0.25) is 14.6 Å². The second-order valence-electron chi connectivity index (χ2n) is 8.76. The molecule has 0 aliphatic heterocycles. The van der Waals surface area contributed by atoms with Gasteiger partial charge < -0.3 is 28.7 Å². The molecule has 0 unspecified atom stereocenters. The number of nitrogens with zero attached hydrogens (tertiary/aromatic N) is 2. The Morgan fingerprint density at radius 3 is 2.54 bits per heavy atom. The maximum atomic E-state index is 13.7. The Morgan fingerprint density at radius 2 is 1.83 bits per heavy atom. The van der Waals surface area contributed by atoms with Crippen molar-refractivity contribution in [3.63, 3.8) is 0 Å². The highest BCUT2D eigenvalue weighted by Crippen LogP contribution is 2.30. The molecule has 4 aromatic rings. The van der Waals surface area contributed by atoms with E-state index in [1.54, 1.807) is 62.5 Å². The van der Waals surface area contributed by atoms with Gasteiger partial charge in [-0.25, -0.2) is 9.79 Å². The lowest BCUT2D eigenvalue weighted by molar-refractivity contribution is -0.142. The number of amides is 1. The van der Waals surface area contributed by atoms with Crippen LogP contribution in [0.3, 0.4) is 0 Å². The SMILES string of the molecule is CCOC(=O)c1cccc(N=c2oc3c(C)ncc(COC(C)=O)c3cc2C(=O)Nc2ccc(OC)cc2OC)c1. The molecular weight excluding hydrogens is 530 g/mol. The number of ether oxygens (including phenoxy) is 4. The molecule has 1 amide bonds. The van der Waals surface area contributed by atoms with E-state index in [4.69, 9.17) is 23.4 Å². The van der Waals surface area contributed by atoms with Gasteiger partial charge in [0.2, 0.25) is 5.55 Å². The molecule has 0 aliphatic rings. The average molecular weight is 560 g/mol. The third-order valence-corrected chi connectivity index (χ3v) is 5.97. The van der Waals surface area contributed by atoms with E-state index in [9.17, 15) is 14.4 Å². The van der Waals surface area contributed by atoms with Crippen LogP contribution in [0, 0.1) is 6.92 Å². The number of nitrogens with one attached hydrogen (secondary N) is 1. The third kappa shape index (κ3) is 6.70. The first kappa shape index (κ1) is 28.8. The van der Waals surface area contributed by atoms with Crippen molar-refractivity contribution in [2.24, 2.45) is 4.99 Å². The minimum atomic E-state index is -0.549. The van der Waals surface area contributed by atoms with Gasteiger partial charge in [0.25, 0.3) is 5.91 Å². The van der Waals surface area contributed by atoms with Crippen LogP contribution in [0.5, 0.6) is 11.5 Å². The molecule has 0 spiro atoms. The molecule has 0 aliphatic carbocycles. The first-order valence-electron chi connectivity index (χ1n) is 12.6. The van der Waals surface area contributed by atoms with E-state index in [0.29, 0.717) is 50.7 Å². The number of methoxy groups -OCH3 is 2. The summed E-state index contributed by atoms with van der Waals surface area (Å²) in [7, 11) is 3.00. The Bertz CT molecular complexity index is 1690. The molecule has 11 heteroatoms. The quantitative estimate of drug-likeness (QED) is 0.284. The molecule has 1 N–H and O–H groups in total. The molecule has 0 saturated heterocycles. The zero-order valence-corrected chi connectivity index (χ0v) is 23.3. The maximum Gasteiger partial charge on any atom is 0.338 e. The molecule has 0 atom stereocenters. The van der Waals surface area contributed by atoms with E-state index < -0.39 is 17.8 Å². The maximum absolute atomic E-state index is 13.7. The molecule has 212 valence electrons. The third-order valence-electron chi connectivity index (χ3n) is 5.97. The first-order valence-corrected chi connectivity index (χ1v) is 12.6. The Morgan fingerprint density at radius 1 is 1.02 bits per heavy atom. The summed E-state index contributed by atoms with van der Waals surface area (Å²) in [6.07, 6.45) is 1.56. The van der Waals surface area contributed by atoms with E-state index in [0.717, 1.165) is 0 Å². The van der Waals surface area contributed by atoms with Crippen molar-refractivity contribution in [1.82, 2.24) is 4.98 Å². The van der Waals surface area contributed by atoms with E-state index in [2.05, 4.69) is 15.3 Å². The van der Waals surface area contributed by atoms with E-state index in [1.807, 2.05) is 0 Å². The van der Waals surface area contributed by atoms with E-state index >= 15 is 0 Å². The Balaban J connectivity index is 1.90.